The Morgan fingerprint density at radius 2 is 2.00 bits per heavy atom. The summed E-state index contributed by atoms with van der Waals surface area (Å²) in [6.07, 6.45) is 1.88. The molecule has 0 aliphatic carbocycles. The van der Waals surface area contributed by atoms with Crippen molar-refractivity contribution in [2.24, 2.45) is 0 Å². The molecule has 0 atom stereocenters. The van der Waals surface area contributed by atoms with Crippen molar-refractivity contribution in [3.8, 4) is 0 Å². The molecule has 0 fully saturated rings. The molecule has 0 saturated heterocycles. The topological polar surface area (TPSA) is 51.0 Å². The number of rotatable bonds is 3. The van der Waals surface area contributed by atoms with Gasteiger partial charge in [0.25, 0.3) is 5.91 Å². The first-order valence-corrected chi connectivity index (χ1v) is 7.81. The number of aryl methyl sites for hydroxylation is 2. The van der Waals surface area contributed by atoms with Gasteiger partial charge in [0.2, 0.25) is 0 Å². The van der Waals surface area contributed by atoms with Gasteiger partial charge in [-0.25, -0.2) is 0 Å². The zero-order valence-electron chi connectivity index (χ0n) is 13.6. The van der Waals surface area contributed by atoms with Gasteiger partial charge >= 0.3 is 0 Å². The Morgan fingerprint density at radius 1 is 1.27 bits per heavy atom. The molecule has 5 heteroatoms. The fraction of sp³-hybridized carbons (Fsp3) is 0.471. The van der Waals surface area contributed by atoms with E-state index in [1.54, 1.807) is 0 Å². The van der Waals surface area contributed by atoms with Gasteiger partial charge in [-0.1, -0.05) is 13.8 Å². The second-order valence-electron chi connectivity index (χ2n) is 6.18. The highest BCUT2D eigenvalue weighted by molar-refractivity contribution is 5.93. The number of amides is 1. The molecule has 2 aromatic heterocycles. The van der Waals surface area contributed by atoms with E-state index in [-0.39, 0.29) is 5.91 Å². The van der Waals surface area contributed by atoms with Crippen LogP contribution in [0, 0.1) is 6.92 Å². The summed E-state index contributed by atoms with van der Waals surface area (Å²) in [6.45, 7) is 10.2. The lowest BCUT2D eigenvalue weighted by molar-refractivity contribution is 0.0739. The summed E-state index contributed by atoms with van der Waals surface area (Å²) in [7, 11) is 0. The molecule has 5 nitrogen and oxygen atoms in total. The fourth-order valence-corrected chi connectivity index (χ4v) is 2.84. The average Bonchev–Trinajstić information content (AvgIpc) is 3.09. The first-order chi connectivity index (χ1) is 10.5. The van der Waals surface area contributed by atoms with Gasteiger partial charge in [-0.3, -0.25) is 14.5 Å². The fourth-order valence-electron chi connectivity index (χ4n) is 2.84. The van der Waals surface area contributed by atoms with Crippen molar-refractivity contribution in [2.45, 2.75) is 53.2 Å². The molecule has 1 aliphatic rings. The molecule has 0 saturated carbocycles. The van der Waals surface area contributed by atoms with Gasteiger partial charge < -0.3 is 4.90 Å². The molecule has 2 aromatic rings. The lowest BCUT2D eigenvalue weighted by Gasteiger charge is -2.15. The van der Waals surface area contributed by atoms with Crippen LogP contribution in [0.3, 0.4) is 0 Å². The Labute approximate surface area is 131 Å². The third-order valence-corrected chi connectivity index (χ3v) is 4.14. The van der Waals surface area contributed by atoms with Crippen LogP contribution in [0.5, 0.6) is 0 Å². The number of hydrogen-bond acceptors (Lipinski definition) is 3. The molecular formula is C17H22N4O. The summed E-state index contributed by atoms with van der Waals surface area (Å²) < 4.78 is 1.81. The summed E-state index contributed by atoms with van der Waals surface area (Å²) in [5, 5.41) is 4.54. The van der Waals surface area contributed by atoms with Crippen molar-refractivity contribution >= 4 is 5.91 Å². The van der Waals surface area contributed by atoms with Crippen LogP contribution in [0.2, 0.25) is 0 Å². The van der Waals surface area contributed by atoms with E-state index in [1.165, 1.54) is 5.56 Å². The minimum atomic E-state index is 0.0510. The summed E-state index contributed by atoms with van der Waals surface area (Å²) >= 11 is 0. The van der Waals surface area contributed by atoms with E-state index >= 15 is 0 Å². The van der Waals surface area contributed by atoms with Crippen LogP contribution in [-0.4, -0.2) is 25.6 Å². The standard InChI is InChI=1S/C17H22N4O/c1-5-21-16(7-15(19-21)11(2)3)17(22)20-9-13-6-12(4)18-8-14(13)10-20/h6-8,11H,5,9-10H2,1-4H3. The SMILES string of the molecule is CCn1nc(C(C)C)cc1C(=O)N1Cc2cnc(C)cc2C1. The predicted octanol–water partition coefficient (Wildman–Crippen LogP) is 2.89. The number of fused-ring (bicyclic) bond motifs is 1. The highest BCUT2D eigenvalue weighted by Crippen LogP contribution is 2.25. The smallest absolute Gasteiger partial charge is 0.272 e. The van der Waals surface area contributed by atoms with Crippen molar-refractivity contribution in [3.05, 3.63) is 46.5 Å². The maximum atomic E-state index is 12.9. The van der Waals surface area contributed by atoms with Crippen molar-refractivity contribution in [3.63, 3.8) is 0 Å². The van der Waals surface area contributed by atoms with E-state index in [2.05, 4.69) is 30.0 Å². The van der Waals surface area contributed by atoms with Gasteiger partial charge in [-0.15, -0.1) is 0 Å². The van der Waals surface area contributed by atoms with Gasteiger partial charge in [-0.05, 0) is 43.0 Å². The van der Waals surface area contributed by atoms with E-state index in [0.717, 1.165) is 17.0 Å². The van der Waals surface area contributed by atoms with Crippen LogP contribution in [0.25, 0.3) is 0 Å². The molecule has 0 bridgehead atoms. The largest absolute Gasteiger partial charge is 0.329 e. The Morgan fingerprint density at radius 3 is 2.68 bits per heavy atom. The molecule has 0 unspecified atom stereocenters. The first-order valence-electron chi connectivity index (χ1n) is 7.81. The number of aromatic nitrogens is 3. The third-order valence-electron chi connectivity index (χ3n) is 4.14. The summed E-state index contributed by atoms with van der Waals surface area (Å²) in [5.74, 6) is 0.372. The quantitative estimate of drug-likeness (QED) is 0.875. The highest BCUT2D eigenvalue weighted by Gasteiger charge is 2.27. The number of hydrogen-bond donors (Lipinski definition) is 0. The zero-order chi connectivity index (χ0) is 15.9. The lowest BCUT2D eigenvalue weighted by Crippen LogP contribution is -2.27. The molecule has 1 amide bonds. The van der Waals surface area contributed by atoms with Gasteiger partial charge in [0.05, 0.1) is 5.69 Å². The summed E-state index contributed by atoms with van der Waals surface area (Å²) in [6, 6.07) is 4.00. The van der Waals surface area contributed by atoms with Gasteiger partial charge in [0, 0.05) is 31.5 Å². The Kier molecular flexibility index (Phi) is 3.72. The van der Waals surface area contributed by atoms with Crippen LogP contribution in [-0.2, 0) is 19.6 Å². The number of carbonyl (C=O) groups excluding carboxylic acids is 1. The van der Waals surface area contributed by atoms with Crippen LogP contribution in [0.15, 0.2) is 18.3 Å². The van der Waals surface area contributed by atoms with Crippen molar-refractivity contribution in [1.82, 2.24) is 19.7 Å². The van der Waals surface area contributed by atoms with Crippen LogP contribution in [0.4, 0.5) is 0 Å². The number of carbonyl (C=O) groups is 1. The predicted molar refractivity (Wildman–Crippen MR) is 84.5 cm³/mol. The van der Waals surface area contributed by atoms with E-state index < -0.39 is 0 Å². The van der Waals surface area contributed by atoms with E-state index in [4.69, 9.17) is 0 Å². The zero-order valence-corrected chi connectivity index (χ0v) is 13.6. The van der Waals surface area contributed by atoms with E-state index in [1.807, 2.05) is 35.7 Å². The molecule has 0 aromatic carbocycles. The minimum absolute atomic E-state index is 0.0510. The molecule has 116 valence electrons. The third kappa shape index (κ3) is 2.51. The second kappa shape index (κ2) is 5.55. The minimum Gasteiger partial charge on any atom is -0.329 e. The normalized spacial score (nSPS) is 13.8. The Balaban J connectivity index is 1.87. The highest BCUT2D eigenvalue weighted by atomic mass is 16.2. The Bertz CT molecular complexity index is 717. The van der Waals surface area contributed by atoms with E-state index in [0.29, 0.717) is 31.2 Å². The summed E-state index contributed by atoms with van der Waals surface area (Å²) in [4.78, 5) is 19.1. The molecule has 3 heterocycles. The van der Waals surface area contributed by atoms with Crippen molar-refractivity contribution in [2.75, 3.05) is 0 Å². The molecule has 3 rings (SSSR count). The van der Waals surface area contributed by atoms with E-state index in [9.17, 15) is 4.79 Å². The number of nitrogens with zero attached hydrogens (tertiary/aromatic N) is 4. The molecule has 0 spiro atoms. The molecule has 0 radical (unpaired) electrons. The van der Waals surface area contributed by atoms with Gasteiger partial charge in [-0.2, -0.15) is 5.10 Å². The van der Waals surface area contributed by atoms with Crippen LogP contribution >= 0.6 is 0 Å². The van der Waals surface area contributed by atoms with Crippen LogP contribution < -0.4 is 0 Å². The first kappa shape index (κ1) is 14.8. The maximum Gasteiger partial charge on any atom is 0.272 e. The molecule has 0 N–H and O–H groups in total. The monoisotopic (exact) mass is 298 g/mol. The maximum absolute atomic E-state index is 12.9. The lowest BCUT2D eigenvalue weighted by atomic mass is 10.1. The average molecular weight is 298 g/mol. The van der Waals surface area contributed by atoms with Crippen molar-refractivity contribution < 1.29 is 4.79 Å². The Hall–Kier alpha value is -2.17. The molecule has 22 heavy (non-hydrogen) atoms. The molecule has 1 aliphatic heterocycles. The molecular weight excluding hydrogens is 276 g/mol. The second-order valence-corrected chi connectivity index (χ2v) is 6.18. The van der Waals surface area contributed by atoms with Gasteiger partial charge in [0.1, 0.15) is 5.69 Å². The summed E-state index contributed by atoms with van der Waals surface area (Å²) in [5.41, 5.74) is 5.00. The van der Waals surface area contributed by atoms with Crippen LogP contribution in [0.1, 0.15) is 59.7 Å². The van der Waals surface area contributed by atoms with Gasteiger partial charge in [0.15, 0.2) is 0 Å². The van der Waals surface area contributed by atoms with Crippen molar-refractivity contribution in [1.29, 1.82) is 0 Å². The number of pyridine rings is 1.